The van der Waals surface area contributed by atoms with Gasteiger partial charge >= 0.3 is 11.7 Å². The Morgan fingerprint density at radius 1 is 1.19 bits per heavy atom. The predicted octanol–water partition coefficient (Wildman–Crippen LogP) is 3.46. The van der Waals surface area contributed by atoms with Gasteiger partial charge < -0.3 is 10.1 Å². The van der Waals surface area contributed by atoms with E-state index in [9.17, 15) is 28.5 Å². The molecule has 1 unspecified atom stereocenters. The Morgan fingerprint density at radius 2 is 1.89 bits per heavy atom. The van der Waals surface area contributed by atoms with Crippen LogP contribution in [0.3, 0.4) is 0 Å². The standard InChI is InChI=1S/C18H14F2N2O5/c1-11(27-17(23)9-6-12-4-2-3-5-14(12)19)18(24)21-13-7-8-15(20)16(10-13)22(25)26/h2-11H,1H3,(H,21,24)/b9-6+. The number of nitrogens with one attached hydrogen (secondary N) is 1. The van der Waals surface area contributed by atoms with Crippen LogP contribution in [0.2, 0.25) is 0 Å². The summed E-state index contributed by atoms with van der Waals surface area (Å²) in [6.45, 7) is 1.28. The van der Waals surface area contributed by atoms with Gasteiger partial charge in [-0.15, -0.1) is 0 Å². The molecule has 0 fully saturated rings. The maximum atomic E-state index is 13.4. The number of hydrogen-bond acceptors (Lipinski definition) is 5. The van der Waals surface area contributed by atoms with E-state index in [1.54, 1.807) is 6.07 Å². The Morgan fingerprint density at radius 3 is 2.56 bits per heavy atom. The first-order valence-electron chi connectivity index (χ1n) is 7.66. The number of hydrogen-bond donors (Lipinski definition) is 1. The average molecular weight is 376 g/mol. The van der Waals surface area contributed by atoms with Gasteiger partial charge in [0.1, 0.15) is 5.82 Å². The highest BCUT2D eigenvalue weighted by atomic mass is 19.1. The Labute approximate surface area is 152 Å². The average Bonchev–Trinajstić information content (AvgIpc) is 2.62. The van der Waals surface area contributed by atoms with E-state index < -0.39 is 40.2 Å². The first-order valence-corrected chi connectivity index (χ1v) is 7.66. The van der Waals surface area contributed by atoms with E-state index in [-0.39, 0.29) is 11.3 Å². The molecule has 1 atom stereocenters. The van der Waals surface area contributed by atoms with Crippen LogP contribution in [0, 0.1) is 21.7 Å². The van der Waals surface area contributed by atoms with Crippen LogP contribution in [0.15, 0.2) is 48.5 Å². The Hall–Kier alpha value is -3.62. The molecule has 0 aliphatic rings. The third-order valence-electron chi connectivity index (χ3n) is 3.38. The van der Waals surface area contributed by atoms with E-state index in [1.807, 2.05) is 0 Å². The lowest BCUT2D eigenvalue weighted by atomic mass is 10.2. The van der Waals surface area contributed by atoms with Gasteiger partial charge in [-0.1, -0.05) is 18.2 Å². The minimum absolute atomic E-state index is 0.0297. The van der Waals surface area contributed by atoms with Crippen LogP contribution in [0.1, 0.15) is 12.5 Å². The summed E-state index contributed by atoms with van der Waals surface area (Å²) in [5, 5.41) is 13.0. The lowest BCUT2D eigenvalue weighted by molar-refractivity contribution is -0.387. The number of esters is 1. The monoisotopic (exact) mass is 376 g/mol. The fourth-order valence-corrected chi connectivity index (χ4v) is 2.01. The predicted molar refractivity (Wildman–Crippen MR) is 92.7 cm³/mol. The van der Waals surface area contributed by atoms with Crippen LogP contribution < -0.4 is 5.32 Å². The molecule has 2 aromatic rings. The lowest BCUT2D eigenvalue weighted by Crippen LogP contribution is -2.29. The van der Waals surface area contributed by atoms with E-state index in [1.165, 1.54) is 31.2 Å². The fraction of sp³-hybridized carbons (Fsp3) is 0.111. The van der Waals surface area contributed by atoms with Crippen LogP contribution in [0.5, 0.6) is 0 Å². The van der Waals surface area contributed by atoms with Gasteiger partial charge in [-0.25, -0.2) is 9.18 Å². The van der Waals surface area contributed by atoms with E-state index in [0.717, 1.165) is 24.3 Å². The molecule has 0 saturated heterocycles. The highest BCUT2D eigenvalue weighted by Crippen LogP contribution is 2.21. The van der Waals surface area contributed by atoms with Crippen molar-refractivity contribution >= 4 is 29.3 Å². The van der Waals surface area contributed by atoms with E-state index in [2.05, 4.69) is 5.32 Å². The zero-order valence-corrected chi connectivity index (χ0v) is 14.0. The molecule has 0 bridgehead atoms. The van der Waals surface area contributed by atoms with Crippen molar-refractivity contribution in [2.24, 2.45) is 0 Å². The molecule has 2 rings (SSSR count). The quantitative estimate of drug-likeness (QED) is 0.360. The number of anilines is 1. The second-order valence-corrected chi connectivity index (χ2v) is 5.35. The van der Waals surface area contributed by atoms with Crippen LogP contribution in [0.25, 0.3) is 6.08 Å². The molecule has 9 heteroatoms. The molecule has 1 amide bonds. The number of carbonyl (C=O) groups is 2. The van der Waals surface area contributed by atoms with Gasteiger partial charge in [0.05, 0.1) is 4.92 Å². The number of halogens is 2. The third kappa shape index (κ3) is 5.43. The maximum Gasteiger partial charge on any atom is 0.331 e. The SMILES string of the molecule is CC(OC(=O)/C=C/c1ccccc1F)C(=O)Nc1ccc(F)c([N+](=O)[O-])c1. The van der Waals surface area contributed by atoms with E-state index in [4.69, 9.17) is 4.74 Å². The lowest BCUT2D eigenvalue weighted by Gasteiger charge is -2.12. The Kier molecular flexibility index (Phi) is 6.32. The molecule has 0 spiro atoms. The van der Waals surface area contributed by atoms with Crippen molar-refractivity contribution in [2.75, 3.05) is 5.32 Å². The summed E-state index contributed by atoms with van der Waals surface area (Å²) in [4.78, 5) is 33.5. The van der Waals surface area contributed by atoms with Crippen molar-refractivity contribution in [3.05, 3.63) is 75.9 Å². The van der Waals surface area contributed by atoms with Crippen molar-refractivity contribution in [3.63, 3.8) is 0 Å². The molecule has 0 aliphatic carbocycles. The molecule has 0 saturated carbocycles. The largest absolute Gasteiger partial charge is 0.449 e. The zero-order chi connectivity index (χ0) is 20.0. The topological polar surface area (TPSA) is 98.5 Å². The number of ether oxygens (including phenoxy) is 1. The van der Waals surface area contributed by atoms with Crippen molar-refractivity contribution in [1.29, 1.82) is 0 Å². The summed E-state index contributed by atoms with van der Waals surface area (Å²) in [6.07, 6.45) is 0.920. The minimum atomic E-state index is -1.24. The van der Waals surface area contributed by atoms with Gasteiger partial charge in [0.15, 0.2) is 6.10 Å². The van der Waals surface area contributed by atoms with Crippen LogP contribution >= 0.6 is 0 Å². The fourth-order valence-electron chi connectivity index (χ4n) is 2.01. The molecule has 0 aromatic heterocycles. The Balaban J connectivity index is 1.97. The molecule has 0 aliphatic heterocycles. The van der Waals surface area contributed by atoms with Gasteiger partial charge in [0.2, 0.25) is 5.82 Å². The number of amides is 1. The Bertz CT molecular complexity index is 914. The van der Waals surface area contributed by atoms with Gasteiger partial charge in [0, 0.05) is 23.4 Å². The highest BCUT2D eigenvalue weighted by Gasteiger charge is 2.19. The second-order valence-electron chi connectivity index (χ2n) is 5.35. The van der Waals surface area contributed by atoms with Crippen molar-refractivity contribution in [1.82, 2.24) is 0 Å². The molecule has 0 heterocycles. The first-order chi connectivity index (χ1) is 12.8. The molecule has 1 N–H and O–H groups in total. The molecular formula is C18H14F2N2O5. The summed E-state index contributed by atoms with van der Waals surface area (Å²) in [6, 6.07) is 8.58. The number of nitro benzene ring substituents is 1. The smallest absolute Gasteiger partial charge is 0.331 e. The summed E-state index contributed by atoms with van der Waals surface area (Å²) < 4.78 is 31.6. The number of benzene rings is 2. The van der Waals surface area contributed by atoms with Crippen molar-refractivity contribution in [3.8, 4) is 0 Å². The van der Waals surface area contributed by atoms with Crippen molar-refractivity contribution in [2.45, 2.75) is 13.0 Å². The number of rotatable bonds is 6. The molecule has 7 nitrogen and oxygen atoms in total. The number of nitrogens with zero attached hydrogens (tertiary/aromatic N) is 1. The molecule has 27 heavy (non-hydrogen) atoms. The van der Waals surface area contributed by atoms with Crippen LogP contribution in [-0.2, 0) is 14.3 Å². The normalized spacial score (nSPS) is 11.8. The first kappa shape index (κ1) is 19.7. The summed E-state index contributed by atoms with van der Waals surface area (Å²) in [5.41, 5.74) is -0.659. The molecule has 0 radical (unpaired) electrons. The minimum Gasteiger partial charge on any atom is -0.449 e. The van der Waals surface area contributed by atoms with Gasteiger partial charge in [-0.2, -0.15) is 4.39 Å². The summed E-state index contributed by atoms with van der Waals surface area (Å²) >= 11 is 0. The number of nitro groups is 1. The van der Waals surface area contributed by atoms with Crippen molar-refractivity contribution < 1.29 is 28.0 Å². The molecule has 140 valence electrons. The zero-order valence-electron chi connectivity index (χ0n) is 14.0. The number of carbonyl (C=O) groups excluding carboxylic acids is 2. The summed E-state index contributed by atoms with van der Waals surface area (Å²) in [5.74, 6) is -3.23. The van der Waals surface area contributed by atoms with E-state index in [0.29, 0.717) is 0 Å². The van der Waals surface area contributed by atoms with Gasteiger partial charge in [0.25, 0.3) is 5.91 Å². The van der Waals surface area contributed by atoms with Gasteiger partial charge in [-0.05, 0) is 31.2 Å². The highest BCUT2D eigenvalue weighted by molar-refractivity contribution is 5.96. The van der Waals surface area contributed by atoms with E-state index >= 15 is 0 Å². The maximum absolute atomic E-state index is 13.4. The molecule has 2 aromatic carbocycles. The third-order valence-corrected chi connectivity index (χ3v) is 3.38. The van der Waals surface area contributed by atoms with Crippen LogP contribution in [-0.4, -0.2) is 22.9 Å². The van der Waals surface area contributed by atoms with Gasteiger partial charge in [-0.3, -0.25) is 14.9 Å². The van der Waals surface area contributed by atoms with Crippen LogP contribution in [0.4, 0.5) is 20.2 Å². The molecular weight excluding hydrogens is 362 g/mol. The summed E-state index contributed by atoms with van der Waals surface area (Å²) in [7, 11) is 0. The second kappa shape index (κ2) is 8.65.